The molecule has 0 aliphatic carbocycles. The summed E-state index contributed by atoms with van der Waals surface area (Å²) < 4.78 is 0. The zero-order chi connectivity index (χ0) is 14.7. The Bertz CT molecular complexity index is 623. The van der Waals surface area contributed by atoms with Crippen molar-refractivity contribution in [3.05, 3.63) is 47.9 Å². The number of amides is 1. The molecular weight excluding hydrogens is 266 g/mol. The van der Waals surface area contributed by atoms with E-state index in [2.05, 4.69) is 33.1 Å². The second kappa shape index (κ2) is 5.87. The van der Waals surface area contributed by atoms with Crippen molar-refractivity contribution in [3.8, 4) is 0 Å². The van der Waals surface area contributed by atoms with Gasteiger partial charge in [0.05, 0.1) is 0 Å². The minimum Gasteiger partial charge on any atom is -0.353 e. The molecule has 0 spiro atoms. The SMILES string of the molecule is Cc1cccnc1N1CCN(C(=O)c2cccnn2)CC1. The maximum atomic E-state index is 12.3. The smallest absolute Gasteiger partial charge is 0.274 e. The van der Waals surface area contributed by atoms with Gasteiger partial charge in [0, 0.05) is 38.6 Å². The molecule has 0 atom stereocenters. The Morgan fingerprint density at radius 2 is 1.86 bits per heavy atom. The van der Waals surface area contributed by atoms with Gasteiger partial charge in [0.2, 0.25) is 0 Å². The molecule has 21 heavy (non-hydrogen) atoms. The Morgan fingerprint density at radius 3 is 2.52 bits per heavy atom. The molecule has 0 unspecified atom stereocenters. The largest absolute Gasteiger partial charge is 0.353 e. The van der Waals surface area contributed by atoms with Gasteiger partial charge in [-0.15, -0.1) is 5.10 Å². The number of carbonyl (C=O) groups excluding carboxylic acids is 1. The molecule has 0 radical (unpaired) electrons. The van der Waals surface area contributed by atoms with E-state index in [0.29, 0.717) is 18.8 Å². The fourth-order valence-corrected chi connectivity index (χ4v) is 2.51. The van der Waals surface area contributed by atoms with Gasteiger partial charge in [-0.25, -0.2) is 4.98 Å². The molecule has 1 fully saturated rings. The topological polar surface area (TPSA) is 62.2 Å². The van der Waals surface area contributed by atoms with Crippen LogP contribution < -0.4 is 4.90 Å². The Kier molecular flexibility index (Phi) is 3.77. The summed E-state index contributed by atoms with van der Waals surface area (Å²) in [5.41, 5.74) is 1.56. The molecule has 6 nitrogen and oxygen atoms in total. The van der Waals surface area contributed by atoms with Crippen molar-refractivity contribution in [1.29, 1.82) is 0 Å². The molecule has 1 saturated heterocycles. The van der Waals surface area contributed by atoms with Gasteiger partial charge in [0.25, 0.3) is 5.91 Å². The summed E-state index contributed by atoms with van der Waals surface area (Å²) >= 11 is 0. The zero-order valence-corrected chi connectivity index (χ0v) is 11.9. The molecule has 108 valence electrons. The second-order valence-electron chi connectivity index (χ2n) is 5.03. The Labute approximate surface area is 123 Å². The van der Waals surface area contributed by atoms with Gasteiger partial charge in [-0.05, 0) is 30.7 Å². The average Bonchev–Trinajstić information content (AvgIpc) is 2.56. The van der Waals surface area contributed by atoms with Crippen LogP contribution in [0.4, 0.5) is 5.82 Å². The standard InChI is InChI=1S/C15H17N5O/c1-12-4-2-6-16-14(12)19-8-10-20(11-9-19)15(21)13-5-3-7-17-18-13/h2-7H,8-11H2,1H3. The van der Waals surface area contributed by atoms with Crippen molar-refractivity contribution in [2.45, 2.75) is 6.92 Å². The van der Waals surface area contributed by atoms with Crippen LogP contribution in [-0.4, -0.2) is 52.2 Å². The first-order chi connectivity index (χ1) is 10.3. The number of rotatable bonds is 2. The van der Waals surface area contributed by atoms with Gasteiger partial charge in [0.15, 0.2) is 5.69 Å². The fraction of sp³-hybridized carbons (Fsp3) is 0.333. The number of pyridine rings is 1. The number of piperazine rings is 1. The molecule has 0 N–H and O–H groups in total. The highest BCUT2D eigenvalue weighted by Crippen LogP contribution is 2.18. The van der Waals surface area contributed by atoms with Gasteiger partial charge in [-0.2, -0.15) is 5.10 Å². The second-order valence-corrected chi connectivity index (χ2v) is 5.03. The average molecular weight is 283 g/mol. The van der Waals surface area contributed by atoms with Crippen LogP contribution in [0.5, 0.6) is 0 Å². The van der Waals surface area contributed by atoms with E-state index in [1.165, 1.54) is 0 Å². The first kappa shape index (κ1) is 13.5. The van der Waals surface area contributed by atoms with Crippen molar-refractivity contribution < 1.29 is 4.79 Å². The van der Waals surface area contributed by atoms with Crippen molar-refractivity contribution >= 4 is 11.7 Å². The molecule has 3 rings (SSSR count). The molecule has 0 saturated carbocycles. The Balaban J connectivity index is 1.66. The van der Waals surface area contributed by atoms with E-state index in [1.54, 1.807) is 24.5 Å². The number of carbonyl (C=O) groups is 1. The summed E-state index contributed by atoms with van der Waals surface area (Å²) in [5, 5.41) is 7.63. The van der Waals surface area contributed by atoms with Crippen molar-refractivity contribution in [2.24, 2.45) is 0 Å². The summed E-state index contributed by atoms with van der Waals surface area (Å²) in [5.74, 6) is 0.949. The molecule has 1 aliphatic rings. The number of hydrogen-bond acceptors (Lipinski definition) is 5. The number of aryl methyl sites for hydroxylation is 1. The first-order valence-corrected chi connectivity index (χ1v) is 6.99. The zero-order valence-electron chi connectivity index (χ0n) is 11.9. The van der Waals surface area contributed by atoms with Crippen molar-refractivity contribution in [3.63, 3.8) is 0 Å². The molecular formula is C15H17N5O. The lowest BCUT2D eigenvalue weighted by molar-refractivity contribution is 0.0739. The van der Waals surface area contributed by atoms with Gasteiger partial charge in [0.1, 0.15) is 5.82 Å². The highest BCUT2D eigenvalue weighted by molar-refractivity contribution is 5.92. The van der Waals surface area contributed by atoms with Crippen LogP contribution in [0.2, 0.25) is 0 Å². The minimum absolute atomic E-state index is 0.0551. The summed E-state index contributed by atoms with van der Waals surface area (Å²) in [6.07, 6.45) is 3.37. The quantitative estimate of drug-likeness (QED) is 0.827. The van der Waals surface area contributed by atoms with Crippen molar-refractivity contribution in [1.82, 2.24) is 20.1 Å². The molecule has 1 aliphatic heterocycles. The molecule has 3 heterocycles. The van der Waals surface area contributed by atoms with Crippen LogP contribution in [0, 0.1) is 6.92 Å². The minimum atomic E-state index is -0.0551. The van der Waals surface area contributed by atoms with Crippen molar-refractivity contribution in [2.75, 3.05) is 31.1 Å². The van der Waals surface area contributed by atoms with Crippen LogP contribution >= 0.6 is 0 Å². The Hall–Kier alpha value is -2.50. The number of hydrogen-bond donors (Lipinski definition) is 0. The summed E-state index contributed by atoms with van der Waals surface area (Å²) in [4.78, 5) is 20.8. The van der Waals surface area contributed by atoms with E-state index < -0.39 is 0 Å². The van der Waals surface area contributed by atoms with Gasteiger partial charge in [-0.1, -0.05) is 6.07 Å². The lowest BCUT2D eigenvalue weighted by Crippen LogP contribution is -2.49. The normalized spacial score (nSPS) is 15.1. The molecule has 1 amide bonds. The molecule has 2 aromatic heterocycles. The fourth-order valence-electron chi connectivity index (χ4n) is 2.51. The van der Waals surface area contributed by atoms with Crippen LogP contribution in [0.15, 0.2) is 36.7 Å². The first-order valence-electron chi connectivity index (χ1n) is 6.99. The van der Waals surface area contributed by atoms with E-state index in [9.17, 15) is 4.79 Å². The third-order valence-electron chi connectivity index (χ3n) is 3.64. The number of anilines is 1. The lowest BCUT2D eigenvalue weighted by Gasteiger charge is -2.35. The molecule has 2 aromatic rings. The maximum Gasteiger partial charge on any atom is 0.274 e. The van der Waals surface area contributed by atoms with Crippen LogP contribution in [-0.2, 0) is 0 Å². The predicted molar refractivity (Wildman–Crippen MR) is 79.1 cm³/mol. The van der Waals surface area contributed by atoms with Crippen LogP contribution in [0.3, 0.4) is 0 Å². The summed E-state index contributed by atoms with van der Waals surface area (Å²) in [6.45, 7) is 4.96. The van der Waals surface area contributed by atoms with E-state index in [1.807, 2.05) is 11.0 Å². The number of aromatic nitrogens is 3. The maximum absolute atomic E-state index is 12.3. The third-order valence-corrected chi connectivity index (χ3v) is 3.64. The highest BCUT2D eigenvalue weighted by Gasteiger charge is 2.24. The predicted octanol–water partition coefficient (Wildman–Crippen LogP) is 1.14. The summed E-state index contributed by atoms with van der Waals surface area (Å²) in [6, 6.07) is 7.42. The Morgan fingerprint density at radius 1 is 1.10 bits per heavy atom. The molecule has 0 bridgehead atoms. The van der Waals surface area contributed by atoms with Gasteiger partial charge < -0.3 is 9.80 Å². The highest BCUT2D eigenvalue weighted by atomic mass is 16.2. The summed E-state index contributed by atoms with van der Waals surface area (Å²) in [7, 11) is 0. The van der Waals surface area contributed by atoms with Gasteiger partial charge >= 0.3 is 0 Å². The van der Waals surface area contributed by atoms with E-state index in [0.717, 1.165) is 24.5 Å². The van der Waals surface area contributed by atoms with E-state index in [4.69, 9.17) is 0 Å². The van der Waals surface area contributed by atoms with Crippen LogP contribution in [0.25, 0.3) is 0 Å². The van der Waals surface area contributed by atoms with Crippen LogP contribution in [0.1, 0.15) is 16.1 Å². The number of nitrogens with zero attached hydrogens (tertiary/aromatic N) is 5. The van der Waals surface area contributed by atoms with E-state index in [-0.39, 0.29) is 5.91 Å². The third kappa shape index (κ3) is 2.84. The van der Waals surface area contributed by atoms with E-state index >= 15 is 0 Å². The van der Waals surface area contributed by atoms with Gasteiger partial charge in [-0.3, -0.25) is 4.79 Å². The monoisotopic (exact) mass is 283 g/mol. The molecule has 6 heteroatoms. The molecule has 0 aromatic carbocycles. The lowest BCUT2D eigenvalue weighted by atomic mass is 10.2.